The summed E-state index contributed by atoms with van der Waals surface area (Å²) in [5.74, 6) is -5.62. The third-order valence-electron chi connectivity index (χ3n) is 3.93. The van der Waals surface area contributed by atoms with Crippen LogP contribution in [-0.2, 0) is 24.0 Å². The molecule has 172 valence electrons. The van der Waals surface area contributed by atoms with Crippen molar-refractivity contribution in [3.63, 3.8) is 0 Å². The molecule has 0 aliphatic heterocycles. The maximum atomic E-state index is 12.6. The number of carboxylic acids is 2. The van der Waals surface area contributed by atoms with Crippen LogP contribution < -0.4 is 21.7 Å². The highest BCUT2D eigenvalue weighted by Crippen LogP contribution is 2.07. The SMILES string of the molecule is CC(C)CC(NC(=O)C(CC(=O)O)NC(=O)C(N)CS)C(=O)NC(C(=O)O)C(C)O. The average Bonchev–Trinajstić information content (AvgIpc) is 2.62. The number of nitrogens with two attached hydrogens (primary N) is 1. The number of carbonyl (C=O) groups excluding carboxylic acids is 3. The normalized spacial score (nSPS) is 16.0. The van der Waals surface area contributed by atoms with Crippen molar-refractivity contribution in [3.05, 3.63) is 0 Å². The van der Waals surface area contributed by atoms with E-state index in [1.54, 1.807) is 13.8 Å². The molecule has 3 amide bonds. The topological polar surface area (TPSA) is 208 Å². The van der Waals surface area contributed by atoms with Crippen LogP contribution in [0, 0.1) is 5.92 Å². The molecule has 0 spiro atoms. The van der Waals surface area contributed by atoms with Crippen LogP contribution in [0.5, 0.6) is 0 Å². The minimum Gasteiger partial charge on any atom is -0.481 e. The Labute approximate surface area is 179 Å². The first-order chi connectivity index (χ1) is 13.8. The van der Waals surface area contributed by atoms with Crippen LogP contribution in [-0.4, -0.2) is 81.0 Å². The fourth-order valence-corrected chi connectivity index (χ4v) is 2.53. The molecule has 0 heterocycles. The summed E-state index contributed by atoms with van der Waals surface area (Å²) in [6, 6.07) is -5.43. The fraction of sp³-hybridized carbons (Fsp3) is 0.706. The number of carboxylic acid groups (broad SMARTS) is 2. The summed E-state index contributed by atoms with van der Waals surface area (Å²) in [6.45, 7) is 4.67. The second-order valence-electron chi connectivity index (χ2n) is 7.20. The highest BCUT2D eigenvalue weighted by molar-refractivity contribution is 7.80. The van der Waals surface area contributed by atoms with Gasteiger partial charge in [-0.25, -0.2) is 4.79 Å². The molecule has 0 saturated heterocycles. The molecule has 0 bridgehead atoms. The van der Waals surface area contributed by atoms with Gasteiger partial charge >= 0.3 is 11.9 Å². The lowest BCUT2D eigenvalue weighted by molar-refractivity contribution is -0.145. The number of rotatable bonds is 13. The zero-order chi connectivity index (χ0) is 23.6. The van der Waals surface area contributed by atoms with Crippen LogP contribution >= 0.6 is 12.6 Å². The van der Waals surface area contributed by atoms with Crippen molar-refractivity contribution in [1.82, 2.24) is 16.0 Å². The molecule has 0 aliphatic carbocycles. The lowest BCUT2D eigenvalue weighted by Crippen LogP contribution is -2.58. The summed E-state index contributed by atoms with van der Waals surface area (Å²) in [6.07, 6.45) is -2.07. The molecular formula is C17H30N4O8S. The molecular weight excluding hydrogens is 420 g/mol. The van der Waals surface area contributed by atoms with Gasteiger partial charge in [-0.3, -0.25) is 19.2 Å². The van der Waals surface area contributed by atoms with Gasteiger partial charge in [-0.1, -0.05) is 13.8 Å². The number of aliphatic hydroxyl groups is 1. The lowest BCUT2D eigenvalue weighted by Gasteiger charge is -2.26. The maximum absolute atomic E-state index is 12.6. The molecule has 12 nitrogen and oxygen atoms in total. The fourth-order valence-electron chi connectivity index (χ4n) is 2.36. The molecule has 30 heavy (non-hydrogen) atoms. The number of amides is 3. The van der Waals surface area contributed by atoms with E-state index in [1.807, 2.05) is 0 Å². The summed E-state index contributed by atoms with van der Waals surface area (Å²) in [4.78, 5) is 59.3. The maximum Gasteiger partial charge on any atom is 0.328 e. The van der Waals surface area contributed by atoms with E-state index in [0.29, 0.717) is 0 Å². The quantitative estimate of drug-likeness (QED) is 0.141. The monoisotopic (exact) mass is 450 g/mol. The Hall–Kier alpha value is -2.38. The molecule has 13 heteroatoms. The Morgan fingerprint density at radius 3 is 1.80 bits per heavy atom. The average molecular weight is 451 g/mol. The Bertz CT molecular complexity index is 643. The predicted molar refractivity (Wildman–Crippen MR) is 109 cm³/mol. The Morgan fingerprint density at radius 1 is 0.900 bits per heavy atom. The van der Waals surface area contributed by atoms with Crippen molar-refractivity contribution in [2.24, 2.45) is 11.7 Å². The largest absolute Gasteiger partial charge is 0.481 e. The first-order valence-corrected chi connectivity index (χ1v) is 9.83. The second kappa shape index (κ2) is 13.0. The molecule has 8 N–H and O–H groups in total. The zero-order valence-electron chi connectivity index (χ0n) is 17.0. The third kappa shape index (κ3) is 9.89. The van der Waals surface area contributed by atoms with Crippen LogP contribution in [0.25, 0.3) is 0 Å². The van der Waals surface area contributed by atoms with E-state index in [4.69, 9.17) is 15.9 Å². The third-order valence-corrected chi connectivity index (χ3v) is 4.32. The van der Waals surface area contributed by atoms with Crippen molar-refractivity contribution in [2.45, 2.75) is 63.9 Å². The number of aliphatic hydroxyl groups excluding tert-OH is 1. The van der Waals surface area contributed by atoms with Gasteiger partial charge < -0.3 is 37.0 Å². The molecule has 0 aromatic heterocycles. The first kappa shape index (κ1) is 27.6. The summed E-state index contributed by atoms with van der Waals surface area (Å²) < 4.78 is 0. The summed E-state index contributed by atoms with van der Waals surface area (Å²) in [5.41, 5.74) is 5.51. The summed E-state index contributed by atoms with van der Waals surface area (Å²) in [5, 5.41) is 34.3. The van der Waals surface area contributed by atoms with Crippen molar-refractivity contribution < 1.29 is 39.3 Å². The highest BCUT2D eigenvalue weighted by atomic mass is 32.1. The van der Waals surface area contributed by atoms with E-state index in [0.717, 1.165) is 0 Å². The van der Waals surface area contributed by atoms with Gasteiger partial charge in [-0.2, -0.15) is 12.6 Å². The number of hydrogen-bond acceptors (Lipinski definition) is 8. The predicted octanol–water partition coefficient (Wildman–Crippen LogP) is -2.32. The first-order valence-electron chi connectivity index (χ1n) is 9.20. The molecule has 0 saturated carbocycles. The number of aliphatic carboxylic acids is 2. The van der Waals surface area contributed by atoms with E-state index < -0.39 is 66.4 Å². The van der Waals surface area contributed by atoms with Gasteiger partial charge in [0.05, 0.1) is 18.6 Å². The lowest BCUT2D eigenvalue weighted by atomic mass is 10.0. The second-order valence-corrected chi connectivity index (χ2v) is 7.57. The molecule has 0 aromatic rings. The van der Waals surface area contributed by atoms with Crippen LogP contribution in [0.3, 0.4) is 0 Å². The van der Waals surface area contributed by atoms with E-state index in [-0.39, 0.29) is 18.1 Å². The molecule has 0 rings (SSSR count). The van der Waals surface area contributed by atoms with Gasteiger partial charge in [0.2, 0.25) is 17.7 Å². The number of carbonyl (C=O) groups is 5. The zero-order valence-corrected chi connectivity index (χ0v) is 17.9. The Morgan fingerprint density at radius 2 is 1.40 bits per heavy atom. The molecule has 5 unspecified atom stereocenters. The number of nitrogens with one attached hydrogen (secondary N) is 3. The van der Waals surface area contributed by atoms with Crippen molar-refractivity contribution in [3.8, 4) is 0 Å². The van der Waals surface area contributed by atoms with E-state index in [2.05, 4.69) is 28.6 Å². The van der Waals surface area contributed by atoms with Crippen LogP contribution in [0.4, 0.5) is 0 Å². The Balaban J connectivity index is 5.48. The van der Waals surface area contributed by atoms with Gasteiger partial charge in [0, 0.05) is 5.75 Å². The smallest absolute Gasteiger partial charge is 0.328 e. The summed E-state index contributed by atoms with van der Waals surface area (Å²) in [7, 11) is 0. The molecule has 0 aromatic carbocycles. The van der Waals surface area contributed by atoms with Gasteiger partial charge in [-0.15, -0.1) is 0 Å². The molecule has 0 radical (unpaired) electrons. The van der Waals surface area contributed by atoms with Crippen LogP contribution in [0.1, 0.15) is 33.6 Å². The van der Waals surface area contributed by atoms with Crippen molar-refractivity contribution >= 4 is 42.3 Å². The molecule has 0 fully saturated rings. The standard InChI is InChI=1S/C17H30N4O8S/c1-7(2)4-10(16(27)21-13(8(3)22)17(28)29)20-15(26)11(5-12(23)24)19-14(25)9(18)6-30/h7-11,13,22,30H,4-6,18H2,1-3H3,(H,19,25)(H,20,26)(H,21,27)(H,23,24)(H,28,29). The van der Waals surface area contributed by atoms with E-state index >= 15 is 0 Å². The van der Waals surface area contributed by atoms with Gasteiger partial charge in [0.25, 0.3) is 0 Å². The number of hydrogen-bond donors (Lipinski definition) is 8. The molecule has 5 atom stereocenters. The van der Waals surface area contributed by atoms with Crippen molar-refractivity contribution in [1.29, 1.82) is 0 Å². The van der Waals surface area contributed by atoms with Crippen molar-refractivity contribution in [2.75, 3.05) is 5.75 Å². The number of thiol groups is 1. The Kier molecular flexibility index (Phi) is 12.0. The van der Waals surface area contributed by atoms with Gasteiger partial charge in [-0.05, 0) is 19.3 Å². The van der Waals surface area contributed by atoms with Crippen LogP contribution in [0.15, 0.2) is 0 Å². The van der Waals surface area contributed by atoms with Crippen LogP contribution in [0.2, 0.25) is 0 Å². The van der Waals surface area contributed by atoms with Gasteiger partial charge in [0.15, 0.2) is 6.04 Å². The molecule has 0 aliphatic rings. The summed E-state index contributed by atoms with van der Waals surface area (Å²) >= 11 is 3.86. The van der Waals surface area contributed by atoms with Gasteiger partial charge in [0.1, 0.15) is 12.1 Å². The highest BCUT2D eigenvalue weighted by Gasteiger charge is 2.32. The minimum absolute atomic E-state index is 0.0401. The van der Waals surface area contributed by atoms with E-state index in [1.165, 1.54) is 6.92 Å². The minimum atomic E-state index is -1.60. The van der Waals surface area contributed by atoms with E-state index in [9.17, 15) is 29.1 Å².